The highest BCUT2D eigenvalue weighted by molar-refractivity contribution is 7.21. The van der Waals surface area contributed by atoms with Crippen molar-refractivity contribution in [2.24, 2.45) is 0 Å². The van der Waals surface area contributed by atoms with E-state index in [9.17, 15) is 0 Å². The van der Waals surface area contributed by atoms with Crippen molar-refractivity contribution in [2.75, 3.05) is 5.73 Å². The molecular weight excluding hydrogens is 125 g/mol. The Morgan fingerprint density at radius 3 is 3.38 bits per heavy atom. The zero-order valence-electron chi connectivity index (χ0n) is 4.13. The van der Waals surface area contributed by atoms with Crippen LogP contribution in [0.2, 0.25) is 0 Å². The normalized spacial score (nSPS) is 9.50. The molecule has 8 heavy (non-hydrogen) atoms. The first kappa shape index (κ1) is 5.32. The quantitative estimate of drug-likeness (QED) is 0.544. The molecule has 0 fully saturated rings. The highest BCUT2D eigenvalue weighted by Crippen LogP contribution is 2.04. The van der Waals surface area contributed by atoms with Gasteiger partial charge in [0.25, 0.3) is 0 Å². The van der Waals surface area contributed by atoms with Crippen LogP contribution in [0.5, 0.6) is 0 Å². The van der Waals surface area contributed by atoms with Crippen molar-refractivity contribution in [3.05, 3.63) is 17.9 Å². The van der Waals surface area contributed by atoms with Crippen molar-refractivity contribution < 1.29 is 8.93 Å². The minimum Gasteiger partial charge on any atom is -0.366 e. The van der Waals surface area contributed by atoms with E-state index in [0.717, 1.165) is 0 Å². The van der Waals surface area contributed by atoms with Crippen LogP contribution in [0.1, 0.15) is 0 Å². The molecule has 1 aromatic heterocycles. The first-order valence-electron chi connectivity index (χ1n) is 2.11. The summed E-state index contributed by atoms with van der Waals surface area (Å²) in [6.07, 6.45) is 0. The maximum atomic E-state index is 5.20. The lowest BCUT2D eigenvalue weighted by molar-refractivity contribution is 0.113. The molecular formula is C4H6NO2P. The molecule has 0 aliphatic carbocycles. The van der Waals surface area contributed by atoms with Gasteiger partial charge in [0, 0.05) is 6.07 Å². The molecule has 44 valence electrons. The van der Waals surface area contributed by atoms with Crippen molar-refractivity contribution in [1.82, 2.24) is 0 Å². The summed E-state index contributed by atoms with van der Waals surface area (Å²) in [4.78, 5) is 0. The van der Waals surface area contributed by atoms with Crippen molar-refractivity contribution in [2.45, 2.75) is 0 Å². The van der Waals surface area contributed by atoms with Gasteiger partial charge in [-0.3, -0.25) is 8.93 Å². The van der Waals surface area contributed by atoms with Gasteiger partial charge < -0.3 is 5.73 Å². The highest BCUT2D eigenvalue weighted by atomic mass is 31.1. The van der Waals surface area contributed by atoms with Crippen LogP contribution in [-0.2, 0) is 0 Å². The molecule has 0 radical (unpaired) electrons. The van der Waals surface area contributed by atoms with E-state index in [4.69, 9.17) is 5.73 Å². The van der Waals surface area contributed by atoms with Crippen molar-refractivity contribution >= 4 is 14.3 Å². The summed E-state index contributed by atoms with van der Waals surface area (Å²) < 4.78 is 9.05. The summed E-state index contributed by atoms with van der Waals surface area (Å²) in [5, 5.41) is 0. The van der Waals surface area contributed by atoms with Crippen LogP contribution in [0.25, 0.3) is 0 Å². The molecule has 0 saturated heterocycles. The van der Waals surface area contributed by atoms with E-state index in [2.05, 4.69) is 8.93 Å². The zero-order chi connectivity index (χ0) is 5.82. The number of rotatable bonds is 0. The Morgan fingerprint density at radius 1 is 1.62 bits per heavy atom. The van der Waals surface area contributed by atoms with Gasteiger partial charge in [-0.25, -0.2) is 0 Å². The van der Waals surface area contributed by atoms with E-state index in [1.807, 2.05) is 5.80 Å². The smallest absolute Gasteiger partial charge is 0.241 e. The molecule has 0 spiro atoms. The third-order valence-electron chi connectivity index (χ3n) is 0.611. The molecule has 0 aliphatic rings. The Hall–Kier alpha value is -0.820. The van der Waals surface area contributed by atoms with Crippen molar-refractivity contribution in [1.29, 1.82) is 0 Å². The molecule has 0 aliphatic heterocycles. The van der Waals surface area contributed by atoms with Gasteiger partial charge in [0.1, 0.15) is 0 Å². The van der Waals surface area contributed by atoms with Gasteiger partial charge in [-0.1, -0.05) is 6.07 Å². The molecule has 0 amide bonds. The number of hydrogen-bond donors (Lipinski definition) is 1. The van der Waals surface area contributed by atoms with E-state index in [1.54, 1.807) is 12.1 Å². The molecule has 1 unspecified atom stereocenters. The fourth-order valence-corrected chi connectivity index (χ4v) is 0.685. The SMILES string of the molecule is Nc1ccc[pH]oo1. The molecule has 1 aromatic rings. The first-order chi connectivity index (χ1) is 3.89. The monoisotopic (exact) mass is 131 g/mol. The van der Waals surface area contributed by atoms with E-state index >= 15 is 0 Å². The second kappa shape index (κ2) is 2.48. The predicted octanol–water partition coefficient (Wildman–Crippen LogP) is 1.61. The van der Waals surface area contributed by atoms with Crippen molar-refractivity contribution in [3.8, 4) is 0 Å². The van der Waals surface area contributed by atoms with Gasteiger partial charge in [0.05, 0.1) is 8.43 Å². The van der Waals surface area contributed by atoms with E-state index in [0.29, 0.717) is 5.88 Å². The summed E-state index contributed by atoms with van der Waals surface area (Å²) in [5.74, 6) is 2.13. The molecule has 0 saturated carbocycles. The minimum atomic E-state index is 0.246. The number of nitrogens with two attached hydrogens (primary N) is 1. The van der Waals surface area contributed by atoms with Crippen LogP contribution in [0.3, 0.4) is 0 Å². The Kier molecular flexibility index (Phi) is 1.65. The van der Waals surface area contributed by atoms with Crippen molar-refractivity contribution in [3.63, 3.8) is 0 Å². The van der Waals surface area contributed by atoms with Crippen LogP contribution in [0, 0.1) is 0 Å². The Bertz CT molecular complexity index is 168. The summed E-state index contributed by atoms with van der Waals surface area (Å²) >= 11 is 0. The molecule has 2 N–H and O–H groups in total. The largest absolute Gasteiger partial charge is 0.366 e. The summed E-state index contributed by atoms with van der Waals surface area (Å²) in [6.45, 7) is 0. The number of hydrogen-bond acceptors (Lipinski definition) is 3. The van der Waals surface area contributed by atoms with E-state index in [1.165, 1.54) is 0 Å². The average Bonchev–Trinajstić information content (AvgIpc) is 1.94. The lowest BCUT2D eigenvalue weighted by Gasteiger charge is -1.74. The van der Waals surface area contributed by atoms with Gasteiger partial charge in [-0.2, -0.15) is 0 Å². The summed E-state index contributed by atoms with van der Waals surface area (Å²) in [5.41, 5.74) is 5.20. The minimum absolute atomic E-state index is 0.246. The fourth-order valence-electron chi connectivity index (χ4n) is 0.310. The van der Waals surface area contributed by atoms with Crippen LogP contribution in [0.15, 0.2) is 26.9 Å². The predicted molar refractivity (Wildman–Crippen MR) is 32.5 cm³/mol. The third kappa shape index (κ3) is 1.35. The van der Waals surface area contributed by atoms with Crippen LogP contribution in [0.4, 0.5) is 5.88 Å². The molecule has 3 nitrogen and oxygen atoms in total. The maximum absolute atomic E-state index is 5.20. The molecule has 1 atom stereocenters. The zero-order valence-corrected chi connectivity index (χ0v) is 5.13. The topological polar surface area (TPSA) is 52.3 Å². The van der Waals surface area contributed by atoms with Gasteiger partial charge in [-0.15, -0.1) is 0 Å². The van der Waals surface area contributed by atoms with Gasteiger partial charge in [-0.05, 0) is 5.80 Å². The Labute approximate surface area is 47.9 Å². The average molecular weight is 131 g/mol. The molecule has 4 heteroatoms. The highest BCUT2D eigenvalue weighted by Gasteiger charge is 1.75. The Morgan fingerprint density at radius 2 is 2.50 bits per heavy atom. The van der Waals surface area contributed by atoms with Crippen LogP contribution >= 0.6 is 8.43 Å². The van der Waals surface area contributed by atoms with E-state index in [-0.39, 0.29) is 8.43 Å². The first-order valence-corrected chi connectivity index (χ1v) is 3.09. The lowest BCUT2D eigenvalue weighted by Crippen LogP contribution is -1.76. The molecule has 0 bridgehead atoms. The molecule has 0 aromatic carbocycles. The van der Waals surface area contributed by atoms with Gasteiger partial charge >= 0.3 is 0 Å². The van der Waals surface area contributed by atoms with Gasteiger partial charge in [0.2, 0.25) is 5.88 Å². The molecule has 1 heterocycles. The third-order valence-corrected chi connectivity index (χ3v) is 1.12. The number of nitrogen functional groups attached to an aromatic ring is 1. The number of anilines is 1. The second-order valence-corrected chi connectivity index (χ2v) is 1.95. The Balaban J connectivity index is 3.12. The summed E-state index contributed by atoms with van der Waals surface area (Å²) in [7, 11) is 0.246. The van der Waals surface area contributed by atoms with E-state index < -0.39 is 0 Å². The van der Waals surface area contributed by atoms with Gasteiger partial charge in [0.15, 0.2) is 0 Å². The fraction of sp³-hybridized carbons (Fsp3) is 0. The molecule has 1 rings (SSSR count). The van der Waals surface area contributed by atoms with Crippen LogP contribution in [-0.4, -0.2) is 0 Å². The summed E-state index contributed by atoms with van der Waals surface area (Å²) in [6, 6.07) is 3.43. The standard InChI is InChI=1S/C4H6NO2P/c5-4-2-1-3-8-7-6-4/h1-3,8H,5H2. The second-order valence-electron chi connectivity index (χ2n) is 1.21. The maximum Gasteiger partial charge on any atom is 0.241 e. The van der Waals surface area contributed by atoms with Crippen LogP contribution < -0.4 is 5.73 Å². The lowest BCUT2D eigenvalue weighted by atomic mass is 10.6.